The highest BCUT2D eigenvalue weighted by atomic mass is 79.9. The summed E-state index contributed by atoms with van der Waals surface area (Å²) in [6, 6.07) is 15.3. The van der Waals surface area contributed by atoms with Crippen LogP contribution < -0.4 is 15.4 Å². The number of nitrogens with zero attached hydrogens (tertiary/aromatic N) is 1. The average Bonchev–Trinajstić information content (AvgIpc) is 3.21. The lowest BCUT2D eigenvalue weighted by Crippen LogP contribution is -2.38. The second kappa shape index (κ2) is 9.51. The van der Waals surface area contributed by atoms with Gasteiger partial charge in [-0.1, -0.05) is 28.1 Å². The molecule has 0 atom stereocenters. The Morgan fingerprint density at radius 2 is 1.93 bits per heavy atom. The van der Waals surface area contributed by atoms with Crippen molar-refractivity contribution in [1.82, 2.24) is 10.6 Å². The minimum Gasteiger partial charge on any atom is -0.490 e. The highest BCUT2D eigenvalue weighted by Gasteiger charge is 2.18. The highest BCUT2D eigenvalue weighted by molar-refractivity contribution is 9.10. The van der Waals surface area contributed by atoms with Gasteiger partial charge < -0.3 is 14.5 Å². The van der Waals surface area contributed by atoms with Crippen molar-refractivity contribution in [3.8, 4) is 17.1 Å². The molecule has 0 unspecified atom stereocenters. The number of methoxy groups -OCH3 is 1. The van der Waals surface area contributed by atoms with E-state index in [0.29, 0.717) is 11.5 Å². The average molecular weight is 490 g/mol. The molecule has 0 bridgehead atoms. The molecule has 1 aromatic heterocycles. The van der Waals surface area contributed by atoms with Gasteiger partial charge in [-0.3, -0.25) is 20.2 Å². The van der Waals surface area contributed by atoms with Crippen LogP contribution in [0.5, 0.6) is 5.75 Å². The van der Waals surface area contributed by atoms with Crippen LogP contribution in [0.3, 0.4) is 0 Å². The zero-order chi connectivity index (χ0) is 21.7. The number of nitrogens with one attached hydrogen (secondary N) is 2. The van der Waals surface area contributed by atoms with Crippen LogP contribution in [-0.2, 0) is 6.54 Å². The predicted molar refractivity (Wildman–Crippen MR) is 118 cm³/mol. The minimum absolute atomic E-state index is 0.0663. The number of carbonyl (C=O) groups excluding carboxylic acids is 1. The SMILES string of the molecule is COc1ccc(C(=O)NC(=S)NCc2ccc(-c3ccc(Br)cc3)o2)cc1[N+](=O)[O-]. The molecule has 1 heterocycles. The molecule has 2 aromatic carbocycles. The number of rotatable bonds is 6. The summed E-state index contributed by atoms with van der Waals surface area (Å²) in [5.41, 5.74) is 0.712. The quantitative estimate of drug-likeness (QED) is 0.299. The number of hydrogen-bond acceptors (Lipinski definition) is 6. The molecule has 0 aliphatic rings. The van der Waals surface area contributed by atoms with Gasteiger partial charge in [0, 0.05) is 21.7 Å². The lowest BCUT2D eigenvalue weighted by molar-refractivity contribution is -0.385. The number of nitro groups is 1. The van der Waals surface area contributed by atoms with Crippen molar-refractivity contribution in [1.29, 1.82) is 0 Å². The highest BCUT2D eigenvalue weighted by Crippen LogP contribution is 2.27. The van der Waals surface area contributed by atoms with E-state index in [1.54, 1.807) is 0 Å². The maximum absolute atomic E-state index is 12.3. The van der Waals surface area contributed by atoms with Crippen molar-refractivity contribution in [3.63, 3.8) is 0 Å². The molecule has 0 radical (unpaired) electrons. The minimum atomic E-state index is -0.619. The molecule has 0 aliphatic heterocycles. The number of carbonyl (C=O) groups is 1. The number of halogens is 1. The van der Waals surface area contributed by atoms with Crippen molar-refractivity contribution in [2.75, 3.05) is 7.11 Å². The molecule has 0 fully saturated rings. The number of benzene rings is 2. The second-order valence-electron chi connectivity index (χ2n) is 6.05. The first-order chi connectivity index (χ1) is 14.4. The molecular formula is C20H16BrN3O5S. The first-order valence-electron chi connectivity index (χ1n) is 8.63. The summed E-state index contributed by atoms with van der Waals surface area (Å²) < 4.78 is 11.7. The Morgan fingerprint density at radius 1 is 1.20 bits per heavy atom. The summed E-state index contributed by atoms with van der Waals surface area (Å²) in [6.07, 6.45) is 0. The Labute approximate surface area is 185 Å². The third-order valence-electron chi connectivity index (χ3n) is 4.08. The maximum Gasteiger partial charge on any atom is 0.311 e. The van der Waals surface area contributed by atoms with E-state index in [4.69, 9.17) is 21.4 Å². The van der Waals surface area contributed by atoms with E-state index >= 15 is 0 Å². The van der Waals surface area contributed by atoms with Crippen molar-refractivity contribution < 1.29 is 18.9 Å². The molecular weight excluding hydrogens is 474 g/mol. The van der Waals surface area contributed by atoms with E-state index < -0.39 is 10.8 Å². The lowest BCUT2D eigenvalue weighted by Gasteiger charge is -2.09. The predicted octanol–water partition coefficient (Wildman–Crippen LogP) is 4.43. The van der Waals surface area contributed by atoms with Gasteiger partial charge in [0.15, 0.2) is 10.9 Å². The van der Waals surface area contributed by atoms with E-state index in [-0.39, 0.29) is 28.7 Å². The van der Waals surface area contributed by atoms with Crippen LogP contribution in [0.25, 0.3) is 11.3 Å². The Morgan fingerprint density at radius 3 is 2.60 bits per heavy atom. The number of furan rings is 1. The number of thiocarbonyl (C=S) groups is 1. The number of hydrogen-bond donors (Lipinski definition) is 2. The van der Waals surface area contributed by atoms with Crippen LogP contribution in [0, 0.1) is 10.1 Å². The van der Waals surface area contributed by atoms with Crippen molar-refractivity contribution in [3.05, 3.63) is 80.5 Å². The van der Waals surface area contributed by atoms with E-state index in [1.807, 2.05) is 36.4 Å². The van der Waals surface area contributed by atoms with Gasteiger partial charge in [-0.2, -0.15) is 0 Å². The van der Waals surface area contributed by atoms with Gasteiger partial charge in [-0.05, 0) is 48.6 Å². The van der Waals surface area contributed by atoms with E-state index in [9.17, 15) is 14.9 Å². The van der Waals surface area contributed by atoms with Gasteiger partial charge in [0.25, 0.3) is 5.91 Å². The Bertz CT molecular complexity index is 1100. The smallest absolute Gasteiger partial charge is 0.311 e. The zero-order valence-corrected chi connectivity index (χ0v) is 18.1. The van der Waals surface area contributed by atoms with Gasteiger partial charge in [0.1, 0.15) is 11.5 Å². The Hall–Kier alpha value is -3.24. The lowest BCUT2D eigenvalue weighted by atomic mass is 10.2. The molecule has 10 heteroatoms. The number of amides is 1. The van der Waals surface area contributed by atoms with Crippen molar-refractivity contribution in [2.45, 2.75) is 6.54 Å². The number of nitro benzene ring substituents is 1. The zero-order valence-electron chi connectivity index (χ0n) is 15.7. The summed E-state index contributed by atoms with van der Waals surface area (Å²) in [6.45, 7) is 0.262. The topological polar surface area (TPSA) is 107 Å². The standard InChI is InChI=1S/C20H16BrN3O5S/c1-28-18-8-4-13(10-16(18)24(26)27)19(25)23-20(30)22-11-15-7-9-17(29-15)12-2-5-14(21)6-3-12/h2-10H,11H2,1H3,(H2,22,23,25,30). The third-order valence-corrected chi connectivity index (χ3v) is 4.85. The van der Waals surface area contributed by atoms with Gasteiger partial charge in [-0.15, -0.1) is 0 Å². The van der Waals surface area contributed by atoms with Crippen LogP contribution >= 0.6 is 28.1 Å². The summed E-state index contributed by atoms with van der Waals surface area (Å²) in [5, 5.41) is 16.5. The first kappa shape index (κ1) is 21.5. The van der Waals surface area contributed by atoms with Gasteiger partial charge in [-0.25, -0.2) is 0 Å². The molecule has 154 valence electrons. The summed E-state index contributed by atoms with van der Waals surface area (Å²) in [5.74, 6) is 0.828. The maximum atomic E-state index is 12.3. The first-order valence-corrected chi connectivity index (χ1v) is 9.84. The fourth-order valence-electron chi connectivity index (χ4n) is 2.60. The summed E-state index contributed by atoms with van der Waals surface area (Å²) >= 11 is 8.52. The molecule has 0 saturated carbocycles. The van der Waals surface area contributed by atoms with Gasteiger partial charge >= 0.3 is 5.69 Å². The molecule has 0 saturated heterocycles. The van der Waals surface area contributed by atoms with Crippen molar-refractivity contribution >= 4 is 44.9 Å². The Kier molecular flexibility index (Phi) is 6.80. The fourth-order valence-corrected chi connectivity index (χ4v) is 3.03. The van der Waals surface area contributed by atoms with Crippen LogP contribution in [0.4, 0.5) is 5.69 Å². The van der Waals surface area contributed by atoms with Gasteiger partial charge in [0.05, 0.1) is 18.6 Å². The van der Waals surface area contributed by atoms with Crippen LogP contribution in [0.1, 0.15) is 16.1 Å². The molecule has 3 aromatic rings. The van der Waals surface area contributed by atoms with E-state index in [0.717, 1.165) is 16.1 Å². The molecule has 8 nitrogen and oxygen atoms in total. The molecule has 30 heavy (non-hydrogen) atoms. The van der Waals surface area contributed by atoms with Crippen LogP contribution in [-0.4, -0.2) is 23.1 Å². The summed E-state index contributed by atoms with van der Waals surface area (Å²) in [7, 11) is 1.32. The largest absolute Gasteiger partial charge is 0.490 e. The molecule has 2 N–H and O–H groups in total. The molecule has 3 rings (SSSR count). The number of ether oxygens (including phenoxy) is 1. The molecule has 0 spiro atoms. The van der Waals surface area contributed by atoms with Crippen molar-refractivity contribution in [2.24, 2.45) is 0 Å². The van der Waals surface area contributed by atoms with Crippen LogP contribution in [0.15, 0.2) is 63.5 Å². The van der Waals surface area contributed by atoms with E-state index in [2.05, 4.69) is 26.6 Å². The fraction of sp³-hybridized carbons (Fsp3) is 0.100. The van der Waals surface area contributed by atoms with E-state index in [1.165, 1.54) is 19.2 Å². The Balaban J connectivity index is 1.58. The second-order valence-corrected chi connectivity index (χ2v) is 7.38. The third kappa shape index (κ3) is 5.22. The molecule has 1 amide bonds. The summed E-state index contributed by atoms with van der Waals surface area (Å²) in [4.78, 5) is 22.8. The van der Waals surface area contributed by atoms with Crippen LogP contribution in [0.2, 0.25) is 0 Å². The molecule has 0 aliphatic carbocycles. The normalized spacial score (nSPS) is 10.3. The van der Waals surface area contributed by atoms with Gasteiger partial charge in [0.2, 0.25) is 0 Å². The monoisotopic (exact) mass is 489 g/mol.